The second-order valence-corrected chi connectivity index (χ2v) is 5.26. The molecule has 0 radical (unpaired) electrons. The molecule has 0 spiro atoms. The Morgan fingerprint density at radius 2 is 1.83 bits per heavy atom. The summed E-state index contributed by atoms with van der Waals surface area (Å²) in [6.45, 7) is 0. The minimum absolute atomic E-state index is 0.0702. The van der Waals surface area contributed by atoms with Gasteiger partial charge < -0.3 is 5.32 Å². The van der Waals surface area contributed by atoms with Crippen LogP contribution in [0.3, 0.4) is 0 Å². The lowest BCUT2D eigenvalue weighted by Crippen LogP contribution is -2.26. The molecule has 1 aromatic carbocycles. The van der Waals surface area contributed by atoms with Crippen LogP contribution in [-0.4, -0.2) is 21.2 Å². The lowest BCUT2D eigenvalue weighted by molar-refractivity contribution is -0.212. The van der Waals surface area contributed by atoms with Crippen molar-refractivity contribution in [3.8, 4) is 0 Å². The van der Waals surface area contributed by atoms with E-state index in [0.29, 0.717) is 0 Å². The fourth-order valence-electron chi connectivity index (χ4n) is 1.64. The smallest absolute Gasteiger partial charge is 0.321 e. The SMILES string of the molecule is O=C(Nc1cccc(SC(F)(F)F)c1)c1ccnn1C(F)(F)F. The van der Waals surface area contributed by atoms with Crippen LogP contribution in [0.15, 0.2) is 41.4 Å². The van der Waals surface area contributed by atoms with Crippen molar-refractivity contribution in [2.75, 3.05) is 5.32 Å². The van der Waals surface area contributed by atoms with Gasteiger partial charge in [-0.3, -0.25) is 4.79 Å². The van der Waals surface area contributed by atoms with Crippen LogP contribution in [0, 0.1) is 0 Å². The third-order valence-electron chi connectivity index (χ3n) is 2.44. The molecule has 0 saturated carbocycles. The minimum Gasteiger partial charge on any atom is -0.321 e. The number of aromatic nitrogens is 2. The van der Waals surface area contributed by atoms with E-state index in [-0.39, 0.29) is 10.6 Å². The van der Waals surface area contributed by atoms with Gasteiger partial charge in [0.2, 0.25) is 0 Å². The van der Waals surface area contributed by atoms with Crippen LogP contribution in [0.5, 0.6) is 0 Å². The van der Waals surface area contributed by atoms with Gasteiger partial charge in [-0.2, -0.15) is 23.0 Å². The van der Waals surface area contributed by atoms with Crippen LogP contribution >= 0.6 is 11.8 Å². The number of halogens is 6. The van der Waals surface area contributed by atoms with Gasteiger partial charge in [-0.05, 0) is 36.0 Å². The van der Waals surface area contributed by atoms with E-state index in [9.17, 15) is 31.1 Å². The average molecular weight is 355 g/mol. The number of hydrogen-bond acceptors (Lipinski definition) is 3. The second-order valence-electron chi connectivity index (χ2n) is 4.13. The number of benzene rings is 1. The summed E-state index contributed by atoms with van der Waals surface area (Å²) in [5, 5.41) is 5.10. The molecule has 124 valence electrons. The highest BCUT2D eigenvalue weighted by Gasteiger charge is 2.35. The average Bonchev–Trinajstić information content (AvgIpc) is 2.85. The van der Waals surface area contributed by atoms with Crippen LogP contribution in [-0.2, 0) is 6.30 Å². The number of hydrogen-bond donors (Lipinski definition) is 1. The van der Waals surface area contributed by atoms with Gasteiger partial charge in [0.1, 0.15) is 5.69 Å². The maximum atomic E-state index is 12.6. The van der Waals surface area contributed by atoms with Crippen LogP contribution in [0.4, 0.5) is 32.0 Å². The maximum absolute atomic E-state index is 12.6. The fourth-order valence-corrected chi connectivity index (χ4v) is 2.24. The molecule has 0 atom stereocenters. The van der Waals surface area contributed by atoms with Crippen molar-refractivity contribution in [1.29, 1.82) is 0 Å². The quantitative estimate of drug-likeness (QED) is 0.662. The summed E-state index contributed by atoms with van der Waals surface area (Å²) in [5.41, 5.74) is -5.37. The normalized spacial score (nSPS) is 12.3. The molecule has 0 bridgehead atoms. The Morgan fingerprint density at radius 1 is 1.13 bits per heavy atom. The van der Waals surface area contributed by atoms with Gasteiger partial charge >= 0.3 is 11.8 Å². The molecule has 1 N–H and O–H groups in total. The van der Waals surface area contributed by atoms with E-state index in [4.69, 9.17) is 0 Å². The highest BCUT2D eigenvalue weighted by molar-refractivity contribution is 8.00. The Morgan fingerprint density at radius 3 is 2.43 bits per heavy atom. The van der Waals surface area contributed by atoms with Gasteiger partial charge in [-0.1, -0.05) is 6.07 Å². The Kier molecular flexibility index (Phi) is 4.59. The summed E-state index contributed by atoms with van der Waals surface area (Å²) < 4.78 is 74.3. The topological polar surface area (TPSA) is 46.9 Å². The van der Waals surface area contributed by atoms with Gasteiger partial charge in [0, 0.05) is 10.6 Å². The Balaban J connectivity index is 2.18. The zero-order valence-electron chi connectivity index (χ0n) is 10.9. The highest BCUT2D eigenvalue weighted by Crippen LogP contribution is 2.37. The molecule has 1 heterocycles. The van der Waals surface area contributed by atoms with Crippen LogP contribution in [0.1, 0.15) is 10.5 Å². The largest absolute Gasteiger partial charge is 0.505 e. The number of carbonyl (C=O) groups excluding carboxylic acids is 1. The lowest BCUT2D eigenvalue weighted by atomic mass is 10.3. The molecular formula is C12H7F6N3OS. The molecular weight excluding hydrogens is 348 g/mol. The van der Waals surface area contributed by atoms with E-state index in [1.807, 2.05) is 0 Å². The van der Waals surface area contributed by atoms with Crippen molar-refractivity contribution in [1.82, 2.24) is 9.78 Å². The first kappa shape index (κ1) is 17.2. The molecule has 0 unspecified atom stereocenters. The summed E-state index contributed by atoms with van der Waals surface area (Å²) in [6, 6.07) is 5.51. The molecule has 0 aliphatic carbocycles. The van der Waals surface area contributed by atoms with Crippen molar-refractivity contribution in [2.45, 2.75) is 16.7 Å². The Bertz CT molecular complexity index is 709. The molecule has 11 heteroatoms. The number of alkyl halides is 6. The molecule has 0 aliphatic rings. The number of nitrogens with zero attached hydrogens (tertiary/aromatic N) is 2. The molecule has 1 amide bonds. The predicted octanol–water partition coefficient (Wildman–Crippen LogP) is 4.22. The first-order chi connectivity index (χ1) is 10.6. The van der Waals surface area contributed by atoms with Crippen molar-refractivity contribution < 1.29 is 31.1 Å². The van der Waals surface area contributed by atoms with Gasteiger partial charge in [0.15, 0.2) is 0 Å². The summed E-state index contributed by atoms with van der Waals surface area (Å²) in [7, 11) is 0. The van der Waals surface area contributed by atoms with E-state index >= 15 is 0 Å². The summed E-state index contributed by atoms with van der Waals surface area (Å²) in [5.74, 6) is -1.14. The fraction of sp³-hybridized carbons (Fsp3) is 0.167. The van der Waals surface area contributed by atoms with Crippen molar-refractivity contribution in [3.63, 3.8) is 0 Å². The Labute approximate surface area is 129 Å². The van der Waals surface area contributed by atoms with E-state index in [0.717, 1.165) is 24.4 Å². The van der Waals surface area contributed by atoms with Crippen molar-refractivity contribution in [2.24, 2.45) is 0 Å². The molecule has 23 heavy (non-hydrogen) atoms. The summed E-state index contributed by atoms with van der Waals surface area (Å²) >= 11 is -0.402. The van der Waals surface area contributed by atoms with Gasteiger partial charge in [-0.25, -0.2) is 0 Å². The number of carbonyl (C=O) groups is 1. The molecule has 2 rings (SSSR count). The molecule has 0 fully saturated rings. The standard InChI is InChI=1S/C12H7F6N3OS/c13-11(14,15)21-9(4-5-19-21)10(22)20-7-2-1-3-8(6-7)23-12(16,17)18/h1-6H,(H,20,22). The van der Waals surface area contributed by atoms with Crippen molar-refractivity contribution >= 4 is 23.4 Å². The molecule has 1 aromatic heterocycles. The monoisotopic (exact) mass is 355 g/mol. The van der Waals surface area contributed by atoms with Crippen molar-refractivity contribution in [3.05, 3.63) is 42.2 Å². The van der Waals surface area contributed by atoms with E-state index in [2.05, 4.69) is 10.4 Å². The van der Waals surface area contributed by atoms with Crippen LogP contribution in [0.25, 0.3) is 0 Å². The van der Waals surface area contributed by atoms with Gasteiger partial charge in [0.25, 0.3) is 5.91 Å². The van der Waals surface area contributed by atoms with E-state index in [1.165, 1.54) is 12.1 Å². The number of anilines is 1. The van der Waals surface area contributed by atoms with Crippen LogP contribution < -0.4 is 5.32 Å². The summed E-state index contributed by atoms with van der Waals surface area (Å²) in [6.07, 6.45) is -4.09. The summed E-state index contributed by atoms with van der Waals surface area (Å²) in [4.78, 5) is 11.6. The molecule has 0 saturated heterocycles. The highest BCUT2D eigenvalue weighted by atomic mass is 32.2. The third kappa shape index (κ3) is 4.65. The van der Waals surface area contributed by atoms with Gasteiger partial charge in [0.05, 0.1) is 6.20 Å². The van der Waals surface area contributed by atoms with E-state index < -0.39 is 39.9 Å². The molecule has 2 aromatic rings. The molecule has 4 nitrogen and oxygen atoms in total. The minimum atomic E-state index is -4.88. The number of nitrogens with one attached hydrogen (secondary N) is 1. The Hall–Kier alpha value is -2.17. The second kappa shape index (κ2) is 6.14. The van der Waals surface area contributed by atoms with Gasteiger partial charge in [-0.15, -0.1) is 13.2 Å². The van der Waals surface area contributed by atoms with Crippen LogP contribution in [0.2, 0.25) is 0 Å². The first-order valence-corrected chi connectivity index (χ1v) is 6.66. The first-order valence-electron chi connectivity index (χ1n) is 5.85. The maximum Gasteiger partial charge on any atom is 0.505 e. The number of thioether (sulfide) groups is 1. The zero-order valence-corrected chi connectivity index (χ0v) is 11.8. The molecule has 0 aliphatic heterocycles. The number of rotatable bonds is 3. The zero-order chi connectivity index (χ0) is 17.3. The predicted molar refractivity (Wildman–Crippen MR) is 69.8 cm³/mol. The van der Waals surface area contributed by atoms with E-state index in [1.54, 1.807) is 0 Å². The third-order valence-corrected chi connectivity index (χ3v) is 3.16. The number of amides is 1. The lowest BCUT2D eigenvalue weighted by Gasteiger charge is -2.11.